The van der Waals surface area contributed by atoms with Crippen LogP contribution in [0.25, 0.3) is 0 Å². The maximum absolute atomic E-state index is 6.21. The van der Waals surface area contributed by atoms with Gasteiger partial charge in [-0.25, -0.2) is 0 Å². The summed E-state index contributed by atoms with van der Waals surface area (Å²) in [4.78, 5) is 0. The first-order valence-corrected chi connectivity index (χ1v) is 7.00. The van der Waals surface area contributed by atoms with Crippen LogP contribution in [0.5, 0.6) is 0 Å². The van der Waals surface area contributed by atoms with E-state index in [-0.39, 0.29) is 5.60 Å². The van der Waals surface area contributed by atoms with Gasteiger partial charge in [-0.05, 0) is 43.9 Å². The molecule has 0 amide bonds. The van der Waals surface area contributed by atoms with Crippen LogP contribution >= 0.6 is 0 Å². The van der Waals surface area contributed by atoms with Crippen molar-refractivity contribution in [3.05, 3.63) is 0 Å². The Morgan fingerprint density at radius 3 is 2.62 bits per heavy atom. The summed E-state index contributed by atoms with van der Waals surface area (Å²) in [5, 5.41) is 3.70. The zero-order chi connectivity index (χ0) is 11.6. The lowest BCUT2D eigenvalue weighted by atomic mass is 9.73. The van der Waals surface area contributed by atoms with Crippen LogP contribution < -0.4 is 5.32 Å². The van der Waals surface area contributed by atoms with E-state index in [1.54, 1.807) is 0 Å². The molecule has 0 aromatic carbocycles. The Hall–Kier alpha value is -0.0800. The first kappa shape index (κ1) is 12.4. The van der Waals surface area contributed by atoms with Gasteiger partial charge in [-0.1, -0.05) is 20.8 Å². The van der Waals surface area contributed by atoms with Gasteiger partial charge in [0.25, 0.3) is 0 Å². The topological polar surface area (TPSA) is 21.3 Å². The second-order valence-electron chi connectivity index (χ2n) is 6.23. The fourth-order valence-electron chi connectivity index (χ4n) is 3.29. The van der Waals surface area contributed by atoms with Crippen LogP contribution in [0.2, 0.25) is 0 Å². The van der Waals surface area contributed by atoms with Crippen molar-refractivity contribution < 1.29 is 4.74 Å². The van der Waals surface area contributed by atoms with Gasteiger partial charge in [0.2, 0.25) is 0 Å². The molecule has 1 saturated carbocycles. The molecule has 1 saturated heterocycles. The molecule has 0 aromatic rings. The van der Waals surface area contributed by atoms with Crippen LogP contribution in [0.3, 0.4) is 0 Å². The average Bonchev–Trinajstić information content (AvgIpc) is 2.25. The van der Waals surface area contributed by atoms with Crippen molar-refractivity contribution >= 4 is 0 Å². The Morgan fingerprint density at radius 1 is 1.31 bits per heavy atom. The molecule has 16 heavy (non-hydrogen) atoms. The van der Waals surface area contributed by atoms with E-state index in [1.165, 1.54) is 32.1 Å². The molecule has 1 heterocycles. The Labute approximate surface area is 100 Å². The third-order valence-electron chi connectivity index (χ3n) is 4.35. The third kappa shape index (κ3) is 2.60. The van der Waals surface area contributed by atoms with Gasteiger partial charge < -0.3 is 10.1 Å². The predicted octanol–water partition coefficient (Wildman–Crippen LogP) is 2.97. The van der Waals surface area contributed by atoms with Crippen molar-refractivity contribution in [1.29, 1.82) is 0 Å². The lowest BCUT2D eigenvalue weighted by molar-refractivity contribution is -0.126. The highest BCUT2D eigenvalue weighted by Crippen LogP contribution is 2.40. The van der Waals surface area contributed by atoms with Crippen LogP contribution in [0, 0.1) is 11.8 Å². The Kier molecular flexibility index (Phi) is 3.91. The highest BCUT2D eigenvalue weighted by atomic mass is 16.5. The van der Waals surface area contributed by atoms with Gasteiger partial charge in [-0.3, -0.25) is 0 Å². The van der Waals surface area contributed by atoms with Gasteiger partial charge in [-0.2, -0.15) is 0 Å². The average molecular weight is 225 g/mol. The number of hydrogen-bond donors (Lipinski definition) is 1. The Bertz CT molecular complexity index is 219. The molecule has 1 unspecified atom stereocenters. The summed E-state index contributed by atoms with van der Waals surface area (Å²) in [6.07, 6.45) is 6.47. The van der Waals surface area contributed by atoms with Gasteiger partial charge in [-0.15, -0.1) is 0 Å². The zero-order valence-corrected chi connectivity index (χ0v) is 11.1. The first-order valence-electron chi connectivity index (χ1n) is 7.00. The maximum atomic E-state index is 6.21. The van der Waals surface area contributed by atoms with Gasteiger partial charge >= 0.3 is 0 Å². The van der Waals surface area contributed by atoms with E-state index in [0.717, 1.165) is 25.0 Å². The molecule has 1 aliphatic heterocycles. The van der Waals surface area contributed by atoms with Crippen molar-refractivity contribution in [3.63, 3.8) is 0 Å². The molecular weight excluding hydrogens is 198 g/mol. The summed E-state index contributed by atoms with van der Waals surface area (Å²) < 4.78 is 6.21. The van der Waals surface area contributed by atoms with E-state index in [9.17, 15) is 0 Å². The molecule has 0 radical (unpaired) electrons. The minimum atomic E-state index is 0.176. The number of rotatable bonds is 2. The summed E-state index contributed by atoms with van der Waals surface area (Å²) in [7, 11) is 0. The minimum Gasteiger partial charge on any atom is -0.372 e. The number of ether oxygens (including phenoxy) is 1. The Morgan fingerprint density at radius 2 is 2.00 bits per heavy atom. The molecule has 1 atom stereocenters. The van der Waals surface area contributed by atoms with Gasteiger partial charge in [0.05, 0.1) is 12.2 Å². The van der Waals surface area contributed by atoms with E-state index < -0.39 is 0 Å². The van der Waals surface area contributed by atoms with Crippen molar-refractivity contribution in [2.45, 2.75) is 64.5 Å². The summed E-state index contributed by atoms with van der Waals surface area (Å²) in [6.45, 7) is 8.95. The molecular formula is C14H27NO. The second kappa shape index (κ2) is 5.05. The number of morpholine rings is 1. The minimum absolute atomic E-state index is 0.176. The lowest BCUT2D eigenvalue weighted by Crippen LogP contribution is -2.59. The molecule has 2 aliphatic rings. The van der Waals surface area contributed by atoms with Crippen LogP contribution in [-0.4, -0.2) is 24.8 Å². The highest BCUT2D eigenvalue weighted by Gasteiger charge is 2.43. The molecule has 1 N–H and O–H groups in total. The zero-order valence-electron chi connectivity index (χ0n) is 11.1. The fraction of sp³-hybridized carbons (Fsp3) is 1.00. The monoisotopic (exact) mass is 225 g/mol. The van der Waals surface area contributed by atoms with Crippen molar-refractivity contribution in [3.8, 4) is 0 Å². The molecule has 0 bridgehead atoms. The van der Waals surface area contributed by atoms with Crippen molar-refractivity contribution in [1.82, 2.24) is 5.32 Å². The third-order valence-corrected chi connectivity index (χ3v) is 4.35. The van der Waals surface area contributed by atoms with E-state index in [0.29, 0.717) is 6.04 Å². The molecule has 0 aromatic heterocycles. The molecule has 1 spiro atoms. The number of hydrogen-bond acceptors (Lipinski definition) is 2. The van der Waals surface area contributed by atoms with Crippen LogP contribution in [-0.2, 0) is 4.74 Å². The van der Waals surface area contributed by atoms with Crippen LogP contribution in [0.15, 0.2) is 0 Å². The van der Waals surface area contributed by atoms with E-state index >= 15 is 0 Å². The molecule has 2 fully saturated rings. The van der Waals surface area contributed by atoms with E-state index in [1.807, 2.05) is 0 Å². The highest BCUT2D eigenvalue weighted by molar-refractivity contribution is 4.98. The summed E-state index contributed by atoms with van der Waals surface area (Å²) >= 11 is 0. The van der Waals surface area contributed by atoms with Crippen LogP contribution in [0.1, 0.15) is 52.9 Å². The summed E-state index contributed by atoms with van der Waals surface area (Å²) in [5.41, 5.74) is 0.176. The molecule has 1 aliphatic carbocycles. The molecule has 94 valence electrons. The standard InChI is InChI=1S/C14H27NO/c1-11(2)10-13-14(16-9-8-15-13)6-4-12(3)5-7-14/h11-13,15H,4-10H2,1-3H3. The smallest absolute Gasteiger partial charge is 0.0835 e. The summed E-state index contributed by atoms with van der Waals surface area (Å²) in [6, 6.07) is 0.591. The SMILES string of the molecule is CC(C)CC1NCCOC12CCC(C)CC2. The van der Waals surface area contributed by atoms with Crippen molar-refractivity contribution in [2.75, 3.05) is 13.2 Å². The molecule has 2 nitrogen and oxygen atoms in total. The van der Waals surface area contributed by atoms with Gasteiger partial charge in [0.1, 0.15) is 0 Å². The van der Waals surface area contributed by atoms with E-state index in [2.05, 4.69) is 26.1 Å². The molecule has 2 rings (SSSR count). The fourth-order valence-corrected chi connectivity index (χ4v) is 3.29. The summed E-state index contributed by atoms with van der Waals surface area (Å²) in [5.74, 6) is 1.66. The molecule has 2 heteroatoms. The van der Waals surface area contributed by atoms with E-state index in [4.69, 9.17) is 4.74 Å². The Balaban J connectivity index is 2.02. The largest absolute Gasteiger partial charge is 0.372 e. The van der Waals surface area contributed by atoms with Gasteiger partial charge in [0.15, 0.2) is 0 Å². The quantitative estimate of drug-likeness (QED) is 0.780. The lowest BCUT2D eigenvalue weighted by Gasteiger charge is -2.48. The first-order chi connectivity index (χ1) is 7.62. The number of nitrogens with one attached hydrogen (secondary N) is 1. The van der Waals surface area contributed by atoms with Crippen LogP contribution in [0.4, 0.5) is 0 Å². The predicted molar refractivity (Wildman–Crippen MR) is 67.6 cm³/mol. The maximum Gasteiger partial charge on any atom is 0.0835 e. The second-order valence-corrected chi connectivity index (χ2v) is 6.23. The normalized spacial score (nSPS) is 40.5. The van der Waals surface area contributed by atoms with Gasteiger partial charge in [0, 0.05) is 12.6 Å². The van der Waals surface area contributed by atoms with Crippen molar-refractivity contribution in [2.24, 2.45) is 11.8 Å².